The first-order valence-corrected chi connectivity index (χ1v) is 4.57. The van der Waals surface area contributed by atoms with Crippen molar-refractivity contribution in [3.8, 4) is 0 Å². The summed E-state index contributed by atoms with van der Waals surface area (Å²) in [5.41, 5.74) is 0.312. The Morgan fingerprint density at radius 3 is 2.69 bits per heavy atom. The molecule has 0 fully saturated rings. The first-order valence-electron chi connectivity index (χ1n) is 4.57. The maximum absolute atomic E-state index is 10.7. The topological polar surface area (TPSA) is 101 Å². The molecule has 0 unspecified atom stereocenters. The SMILES string of the molecule is Cc1cccc([N+](=O)[O-])c1[C@H](O)CC(=O)O. The van der Waals surface area contributed by atoms with Crippen LogP contribution < -0.4 is 0 Å². The van der Waals surface area contributed by atoms with Crippen molar-refractivity contribution in [2.45, 2.75) is 19.4 Å². The molecule has 0 aliphatic carbocycles. The van der Waals surface area contributed by atoms with Crippen LogP contribution in [0.25, 0.3) is 0 Å². The van der Waals surface area contributed by atoms with E-state index in [4.69, 9.17) is 5.11 Å². The number of aliphatic carboxylic acids is 1. The van der Waals surface area contributed by atoms with E-state index in [0.717, 1.165) is 0 Å². The van der Waals surface area contributed by atoms with Crippen LogP contribution in [0, 0.1) is 17.0 Å². The van der Waals surface area contributed by atoms with Crippen LogP contribution in [0.4, 0.5) is 5.69 Å². The van der Waals surface area contributed by atoms with E-state index in [0.29, 0.717) is 5.56 Å². The van der Waals surface area contributed by atoms with Gasteiger partial charge < -0.3 is 10.2 Å². The summed E-state index contributed by atoms with van der Waals surface area (Å²) in [6.07, 6.45) is -1.91. The maximum atomic E-state index is 10.7. The highest BCUT2D eigenvalue weighted by molar-refractivity contribution is 5.68. The molecule has 16 heavy (non-hydrogen) atoms. The third-order valence-corrected chi connectivity index (χ3v) is 2.20. The summed E-state index contributed by atoms with van der Waals surface area (Å²) < 4.78 is 0. The Morgan fingerprint density at radius 2 is 2.19 bits per heavy atom. The van der Waals surface area contributed by atoms with Crippen LogP contribution in [0.2, 0.25) is 0 Å². The molecule has 0 aliphatic heterocycles. The van der Waals surface area contributed by atoms with Crippen molar-refractivity contribution in [1.82, 2.24) is 0 Å². The average molecular weight is 225 g/mol. The number of aliphatic hydroxyl groups is 1. The number of carboxylic acid groups (broad SMARTS) is 1. The Bertz CT molecular complexity index is 429. The summed E-state index contributed by atoms with van der Waals surface area (Å²) in [6.45, 7) is 1.59. The molecule has 0 amide bonds. The number of hydrogen-bond donors (Lipinski definition) is 2. The molecule has 6 nitrogen and oxygen atoms in total. The predicted molar refractivity (Wildman–Crippen MR) is 55.0 cm³/mol. The van der Waals surface area contributed by atoms with Gasteiger partial charge in [0.15, 0.2) is 0 Å². The first-order chi connectivity index (χ1) is 7.43. The summed E-state index contributed by atoms with van der Waals surface area (Å²) in [7, 11) is 0. The molecule has 1 aromatic rings. The standard InChI is InChI=1S/C10H11NO5/c1-6-3-2-4-7(11(15)16)10(6)8(12)5-9(13)14/h2-4,8,12H,5H2,1H3,(H,13,14)/t8-/m1/s1. The van der Waals surface area contributed by atoms with Gasteiger partial charge in [-0.25, -0.2) is 0 Å². The summed E-state index contributed by atoms with van der Waals surface area (Å²) in [6, 6.07) is 4.32. The minimum atomic E-state index is -1.36. The second-order valence-corrected chi connectivity index (χ2v) is 3.38. The Labute approximate surface area is 91.3 Å². The number of hydrogen-bond acceptors (Lipinski definition) is 4. The van der Waals surface area contributed by atoms with Gasteiger partial charge in [0.05, 0.1) is 23.0 Å². The van der Waals surface area contributed by atoms with Gasteiger partial charge in [0.25, 0.3) is 5.69 Å². The van der Waals surface area contributed by atoms with Gasteiger partial charge in [-0.2, -0.15) is 0 Å². The molecule has 0 bridgehead atoms. The molecule has 2 N–H and O–H groups in total. The van der Waals surface area contributed by atoms with Crippen LogP contribution >= 0.6 is 0 Å². The number of aryl methyl sites for hydroxylation is 1. The van der Waals surface area contributed by atoms with Gasteiger partial charge in [0, 0.05) is 6.07 Å². The highest BCUT2D eigenvalue weighted by Crippen LogP contribution is 2.29. The molecule has 0 spiro atoms. The molecule has 1 aromatic carbocycles. The number of carboxylic acids is 1. The first kappa shape index (κ1) is 12.1. The lowest BCUT2D eigenvalue weighted by Crippen LogP contribution is -2.09. The van der Waals surface area contributed by atoms with Crippen molar-refractivity contribution >= 4 is 11.7 Å². The van der Waals surface area contributed by atoms with Gasteiger partial charge >= 0.3 is 5.97 Å². The van der Waals surface area contributed by atoms with Gasteiger partial charge in [0.1, 0.15) is 0 Å². The molecule has 0 radical (unpaired) electrons. The van der Waals surface area contributed by atoms with Gasteiger partial charge in [-0.05, 0) is 12.5 Å². The molecule has 1 atom stereocenters. The molecular formula is C10H11NO5. The summed E-state index contributed by atoms with van der Waals surface area (Å²) in [5, 5.41) is 28.9. The Hall–Kier alpha value is -1.95. The third-order valence-electron chi connectivity index (χ3n) is 2.20. The van der Waals surface area contributed by atoms with Gasteiger partial charge in [0.2, 0.25) is 0 Å². The lowest BCUT2D eigenvalue weighted by atomic mass is 9.99. The normalized spacial score (nSPS) is 12.1. The van der Waals surface area contributed by atoms with Crippen LogP contribution in [-0.4, -0.2) is 21.1 Å². The van der Waals surface area contributed by atoms with Gasteiger partial charge in [-0.1, -0.05) is 12.1 Å². The molecule has 0 saturated carbocycles. The Morgan fingerprint density at radius 1 is 1.56 bits per heavy atom. The number of carbonyl (C=O) groups is 1. The monoisotopic (exact) mass is 225 g/mol. The summed E-state index contributed by atoms with van der Waals surface area (Å²) in [5.74, 6) is -1.20. The molecule has 0 aromatic heterocycles. The molecule has 6 heteroatoms. The van der Waals surface area contributed by atoms with E-state index in [2.05, 4.69) is 0 Å². The number of nitrogens with zero attached hydrogens (tertiary/aromatic N) is 1. The van der Waals surface area contributed by atoms with Crippen LogP contribution in [0.3, 0.4) is 0 Å². The van der Waals surface area contributed by atoms with E-state index in [1.807, 2.05) is 0 Å². The van der Waals surface area contributed by atoms with Crippen LogP contribution in [0.1, 0.15) is 23.7 Å². The lowest BCUT2D eigenvalue weighted by molar-refractivity contribution is -0.386. The Kier molecular flexibility index (Phi) is 3.57. The summed E-state index contributed by atoms with van der Waals surface area (Å²) in [4.78, 5) is 20.5. The van der Waals surface area contributed by atoms with Crippen LogP contribution in [-0.2, 0) is 4.79 Å². The Balaban J connectivity index is 3.19. The zero-order chi connectivity index (χ0) is 12.3. The quantitative estimate of drug-likeness (QED) is 0.596. The highest BCUT2D eigenvalue weighted by atomic mass is 16.6. The maximum Gasteiger partial charge on any atom is 0.306 e. The van der Waals surface area contributed by atoms with Crippen molar-refractivity contribution in [1.29, 1.82) is 0 Å². The van der Waals surface area contributed by atoms with Crippen molar-refractivity contribution < 1.29 is 19.9 Å². The second-order valence-electron chi connectivity index (χ2n) is 3.38. The molecule has 0 aliphatic rings. The smallest absolute Gasteiger partial charge is 0.306 e. The van der Waals surface area contributed by atoms with Crippen molar-refractivity contribution in [3.05, 3.63) is 39.4 Å². The van der Waals surface area contributed by atoms with E-state index in [9.17, 15) is 20.0 Å². The minimum Gasteiger partial charge on any atom is -0.481 e. The van der Waals surface area contributed by atoms with E-state index in [-0.39, 0.29) is 11.3 Å². The van der Waals surface area contributed by atoms with E-state index in [1.165, 1.54) is 12.1 Å². The zero-order valence-corrected chi connectivity index (χ0v) is 8.58. The lowest BCUT2D eigenvalue weighted by Gasteiger charge is -2.11. The number of rotatable bonds is 4. The number of benzene rings is 1. The predicted octanol–water partition coefficient (Wildman–Crippen LogP) is 1.41. The number of aliphatic hydroxyl groups excluding tert-OH is 1. The summed E-state index contributed by atoms with van der Waals surface area (Å²) >= 11 is 0. The van der Waals surface area contributed by atoms with Crippen molar-refractivity contribution in [3.63, 3.8) is 0 Å². The number of nitro benzene ring substituents is 1. The largest absolute Gasteiger partial charge is 0.481 e. The number of nitro groups is 1. The zero-order valence-electron chi connectivity index (χ0n) is 8.58. The van der Waals surface area contributed by atoms with Crippen molar-refractivity contribution in [2.24, 2.45) is 0 Å². The van der Waals surface area contributed by atoms with E-state index < -0.39 is 23.4 Å². The fourth-order valence-electron chi connectivity index (χ4n) is 1.53. The van der Waals surface area contributed by atoms with Crippen molar-refractivity contribution in [2.75, 3.05) is 0 Å². The van der Waals surface area contributed by atoms with E-state index >= 15 is 0 Å². The highest BCUT2D eigenvalue weighted by Gasteiger charge is 2.23. The van der Waals surface area contributed by atoms with Crippen LogP contribution in [0.15, 0.2) is 18.2 Å². The molecule has 86 valence electrons. The average Bonchev–Trinajstić information content (AvgIpc) is 2.15. The second kappa shape index (κ2) is 4.71. The van der Waals surface area contributed by atoms with E-state index in [1.54, 1.807) is 13.0 Å². The van der Waals surface area contributed by atoms with Gasteiger partial charge in [-0.15, -0.1) is 0 Å². The van der Waals surface area contributed by atoms with Gasteiger partial charge in [-0.3, -0.25) is 14.9 Å². The molecular weight excluding hydrogens is 214 g/mol. The fraction of sp³-hybridized carbons (Fsp3) is 0.300. The minimum absolute atomic E-state index is 0.0647. The molecule has 0 heterocycles. The fourth-order valence-corrected chi connectivity index (χ4v) is 1.53. The third kappa shape index (κ3) is 2.54. The molecule has 0 saturated heterocycles. The van der Waals surface area contributed by atoms with Crippen LogP contribution in [0.5, 0.6) is 0 Å². The molecule has 1 rings (SSSR count).